The fourth-order valence-corrected chi connectivity index (χ4v) is 2.40. The SMILES string of the molecule is O=C(O)CCc1csc(NCCCc2ncc[nH]2)n1. The lowest BCUT2D eigenvalue weighted by molar-refractivity contribution is -0.136. The zero-order valence-electron chi connectivity index (χ0n) is 10.4. The van der Waals surface area contributed by atoms with Crippen LogP contribution >= 0.6 is 11.3 Å². The lowest BCUT2D eigenvalue weighted by atomic mass is 10.2. The second kappa shape index (κ2) is 6.89. The molecular weight excluding hydrogens is 264 g/mol. The number of carbonyl (C=O) groups is 1. The Morgan fingerprint density at radius 2 is 2.37 bits per heavy atom. The van der Waals surface area contributed by atoms with E-state index in [2.05, 4.69) is 20.3 Å². The summed E-state index contributed by atoms with van der Waals surface area (Å²) < 4.78 is 0. The number of nitrogens with zero attached hydrogens (tertiary/aromatic N) is 2. The quantitative estimate of drug-likeness (QED) is 0.643. The second-order valence-corrected chi connectivity index (χ2v) is 4.96. The van der Waals surface area contributed by atoms with Crippen LogP contribution in [-0.2, 0) is 17.6 Å². The highest BCUT2D eigenvalue weighted by molar-refractivity contribution is 7.13. The maximum atomic E-state index is 10.5. The first-order valence-electron chi connectivity index (χ1n) is 6.12. The van der Waals surface area contributed by atoms with Crippen LogP contribution in [0.5, 0.6) is 0 Å². The summed E-state index contributed by atoms with van der Waals surface area (Å²) in [5.41, 5.74) is 0.834. The van der Waals surface area contributed by atoms with Gasteiger partial charge in [-0.2, -0.15) is 0 Å². The lowest BCUT2D eigenvalue weighted by Crippen LogP contribution is -2.04. The van der Waals surface area contributed by atoms with E-state index in [0.717, 1.165) is 36.0 Å². The van der Waals surface area contributed by atoms with E-state index in [-0.39, 0.29) is 6.42 Å². The van der Waals surface area contributed by atoms with Crippen molar-refractivity contribution in [2.75, 3.05) is 11.9 Å². The zero-order valence-corrected chi connectivity index (χ0v) is 11.2. The van der Waals surface area contributed by atoms with Gasteiger partial charge in [0.05, 0.1) is 12.1 Å². The van der Waals surface area contributed by atoms with E-state index in [1.165, 1.54) is 11.3 Å². The fourth-order valence-electron chi connectivity index (χ4n) is 1.62. The number of aromatic nitrogens is 3. The van der Waals surface area contributed by atoms with Crippen LogP contribution in [0.2, 0.25) is 0 Å². The van der Waals surface area contributed by atoms with Gasteiger partial charge in [0.1, 0.15) is 5.82 Å². The summed E-state index contributed by atoms with van der Waals surface area (Å²) in [6.45, 7) is 0.826. The number of rotatable bonds is 8. The molecule has 2 aromatic heterocycles. The summed E-state index contributed by atoms with van der Waals surface area (Å²) in [6, 6.07) is 0. The van der Waals surface area contributed by atoms with Gasteiger partial charge in [-0.1, -0.05) is 0 Å². The Hall–Kier alpha value is -1.89. The van der Waals surface area contributed by atoms with Gasteiger partial charge in [0, 0.05) is 37.2 Å². The molecule has 0 aromatic carbocycles. The molecule has 19 heavy (non-hydrogen) atoms. The van der Waals surface area contributed by atoms with E-state index in [9.17, 15) is 4.79 Å². The maximum Gasteiger partial charge on any atom is 0.303 e. The van der Waals surface area contributed by atoms with Crippen molar-refractivity contribution in [3.63, 3.8) is 0 Å². The molecule has 7 heteroatoms. The molecule has 2 heterocycles. The van der Waals surface area contributed by atoms with Crippen LogP contribution in [0.4, 0.5) is 5.13 Å². The van der Waals surface area contributed by atoms with E-state index in [0.29, 0.717) is 6.42 Å². The van der Waals surface area contributed by atoms with E-state index in [4.69, 9.17) is 5.11 Å². The Bertz CT molecular complexity index is 510. The first-order chi connectivity index (χ1) is 9.24. The van der Waals surface area contributed by atoms with E-state index in [1.807, 2.05) is 11.6 Å². The maximum absolute atomic E-state index is 10.5. The molecule has 0 aliphatic rings. The smallest absolute Gasteiger partial charge is 0.303 e. The number of carboxylic acids is 1. The third kappa shape index (κ3) is 4.70. The Balaban J connectivity index is 1.67. The molecule has 0 amide bonds. The van der Waals surface area contributed by atoms with Crippen molar-refractivity contribution in [1.82, 2.24) is 15.0 Å². The zero-order chi connectivity index (χ0) is 13.5. The van der Waals surface area contributed by atoms with E-state index in [1.54, 1.807) is 6.20 Å². The fraction of sp³-hybridized carbons (Fsp3) is 0.417. The summed E-state index contributed by atoms with van der Waals surface area (Å²) in [6.07, 6.45) is 6.05. The van der Waals surface area contributed by atoms with Crippen LogP contribution in [-0.4, -0.2) is 32.6 Å². The molecule has 0 spiro atoms. The molecule has 0 saturated heterocycles. The number of hydrogen-bond acceptors (Lipinski definition) is 5. The molecular formula is C12H16N4O2S. The highest BCUT2D eigenvalue weighted by Gasteiger charge is 2.04. The minimum Gasteiger partial charge on any atom is -0.481 e. The molecule has 0 unspecified atom stereocenters. The average molecular weight is 280 g/mol. The number of imidazole rings is 1. The van der Waals surface area contributed by atoms with Crippen molar-refractivity contribution in [1.29, 1.82) is 0 Å². The molecule has 0 bridgehead atoms. The van der Waals surface area contributed by atoms with Gasteiger partial charge < -0.3 is 15.4 Å². The summed E-state index contributed by atoms with van der Waals surface area (Å²) in [7, 11) is 0. The summed E-state index contributed by atoms with van der Waals surface area (Å²) in [5.74, 6) is 0.198. The summed E-state index contributed by atoms with van der Waals surface area (Å²) >= 11 is 1.51. The Labute approximate surface area is 114 Å². The molecule has 0 saturated carbocycles. The van der Waals surface area contributed by atoms with Crippen LogP contribution in [0.15, 0.2) is 17.8 Å². The average Bonchev–Trinajstić information content (AvgIpc) is 3.04. The number of aryl methyl sites for hydroxylation is 2. The molecule has 6 nitrogen and oxygen atoms in total. The van der Waals surface area contributed by atoms with Crippen LogP contribution in [0.25, 0.3) is 0 Å². The van der Waals surface area contributed by atoms with Crippen molar-refractivity contribution in [2.45, 2.75) is 25.7 Å². The Morgan fingerprint density at radius 1 is 1.47 bits per heavy atom. The van der Waals surface area contributed by atoms with Gasteiger partial charge >= 0.3 is 5.97 Å². The van der Waals surface area contributed by atoms with E-state index < -0.39 is 5.97 Å². The predicted molar refractivity (Wildman–Crippen MR) is 73.5 cm³/mol. The number of anilines is 1. The number of hydrogen-bond donors (Lipinski definition) is 3. The van der Waals surface area contributed by atoms with Gasteiger partial charge in [0.25, 0.3) is 0 Å². The molecule has 0 radical (unpaired) electrons. The monoisotopic (exact) mass is 280 g/mol. The minimum absolute atomic E-state index is 0.127. The normalized spacial score (nSPS) is 10.5. The number of carboxylic acid groups (broad SMARTS) is 1. The van der Waals surface area contributed by atoms with Gasteiger partial charge in [-0.3, -0.25) is 4.79 Å². The molecule has 0 aliphatic heterocycles. The number of nitrogens with one attached hydrogen (secondary N) is 2. The standard InChI is InChI=1S/C12H16N4O2S/c17-11(18)4-3-9-8-19-12(16-9)15-5-1-2-10-13-6-7-14-10/h6-8H,1-5H2,(H,13,14)(H,15,16)(H,17,18). The van der Waals surface area contributed by atoms with Gasteiger partial charge in [-0.15, -0.1) is 11.3 Å². The predicted octanol–water partition coefficient (Wildman–Crippen LogP) is 1.93. The molecule has 0 fully saturated rings. The van der Waals surface area contributed by atoms with Crippen molar-refractivity contribution in [3.05, 3.63) is 29.3 Å². The Morgan fingerprint density at radius 3 is 3.11 bits per heavy atom. The molecule has 3 N–H and O–H groups in total. The topological polar surface area (TPSA) is 90.9 Å². The van der Waals surface area contributed by atoms with Crippen LogP contribution < -0.4 is 5.32 Å². The van der Waals surface area contributed by atoms with Crippen LogP contribution in [0.1, 0.15) is 24.4 Å². The van der Waals surface area contributed by atoms with Crippen molar-refractivity contribution in [2.24, 2.45) is 0 Å². The van der Waals surface area contributed by atoms with Gasteiger partial charge in [-0.05, 0) is 6.42 Å². The Kier molecular flexibility index (Phi) is 4.91. The van der Waals surface area contributed by atoms with E-state index >= 15 is 0 Å². The van der Waals surface area contributed by atoms with Crippen molar-refractivity contribution >= 4 is 22.4 Å². The number of H-pyrrole nitrogens is 1. The number of aliphatic carboxylic acids is 1. The highest BCUT2D eigenvalue weighted by atomic mass is 32.1. The first-order valence-corrected chi connectivity index (χ1v) is 7.00. The highest BCUT2D eigenvalue weighted by Crippen LogP contribution is 2.16. The van der Waals surface area contributed by atoms with Crippen molar-refractivity contribution < 1.29 is 9.90 Å². The lowest BCUT2D eigenvalue weighted by Gasteiger charge is -2.00. The summed E-state index contributed by atoms with van der Waals surface area (Å²) in [4.78, 5) is 22.0. The largest absolute Gasteiger partial charge is 0.481 e. The van der Waals surface area contributed by atoms with Gasteiger partial charge in [-0.25, -0.2) is 9.97 Å². The molecule has 0 atom stereocenters. The summed E-state index contributed by atoms with van der Waals surface area (Å²) in [5, 5.41) is 14.6. The third-order valence-electron chi connectivity index (χ3n) is 2.57. The van der Waals surface area contributed by atoms with Crippen molar-refractivity contribution in [3.8, 4) is 0 Å². The molecule has 0 aliphatic carbocycles. The third-order valence-corrected chi connectivity index (χ3v) is 3.42. The van der Waals surface area contributed by atoms with Gasteiger partial charge in [0.15, 0.2) is 5.13 Å². The minimum atomic E-state index is -0.791. The first kappa shape index (κ1) is 13.5. The van der Waals surface area contributed by atoms with Crippen LogP contribution in [0, 0.1) is 0 Å². The van der Waals surface area contributed by atoms with Crippen LogP contribution in [0.3, 0.4) is 0 Å². The molecule has 2 rings (SSSR count). The number of thiazole rings is 1. The van der Waals surface area contributed by atoms with Gasteiger partial charge in [0.2, 0.25) is 0 Å². The second-order valence-electron chi connectivity index (χ2n) is 4.10. The molecule has 102 valence electrons. The molecule has 2 aromatic rings. The number of aromatic amines is 1.